The topological polar surface area (TPSA) is 29.5 Å². The molecule has 3 aromatic rings. The Morgan fingerprint density at radius 1 is 0.800 bits per heavy atom. The molecule has 0 aliphatic heterocycles. The standard InChI is InChI=1S/C27H32O2Si/c1-27(2,3)30(25-15-9-5-10-16-25,26-17-11-6-12-18-26)29-20-19-24(22-28)21-23-13-7-4-8-14-23/h4-19,28H,20-22H2,1-3H3/b24-19-. The molecule has 0 heterocycles. The van der Waals surface area contributed by atoms with Gasteiger partial charge in [0.15, 0.2) is 0 Å². The SMILES string of the molecule is CC(C)(C)[Si](OC/C=C(\CO)Cc1ccccc1)(c1ccccc1)c1ccccc1. The summed E-state index contributed by atoms with van der Waals surface area (Å²) in [5.41, 5.74) is 2.18. The van der Waals surface area contributed by atoms with Crippen molar-refractivity contribution in [2.45, 2.75) is 32.2 Å². The first-order valence-electron chi connectivity index (χ1n) is 10.5. The Kier molecular flexibility index (Phi) is 7.43. The molecule has 0 aliphatic carbocycles. The van der Waals surface area contributed by atoms with Crippen molar-refractivity contribution in [1.82, 2.24) is 0 Å². The van der Waals surface area contributed by atoms with Crippen molar-refractivity contribution in [3.05, 3.63) is 108 Å². The summed E-state index contributed by atoms with van der Waals surface area (Å²) in [5, 5.41) is 12.4. The largest absolute Gasteiger partial charge is 0.404 e. The van der Waals surface area contributed by atoms with Gasteiger partial charge in [0, 0.05) is 0 Å². The van der Waals surface area contributed by atoms with Crippen LogP contribution in [0, 0.1) is 0 Å². The summed E-state index contributed by atoms with van der Waals surface area (Å²) in [5.74, 6) is 0. The van der Waals surface area contributed by atoms with Crippen LogP contribution < -0.4 is 10.4 Å². The van der Waals surface area contributed by atoms with Gasteiger partial charge in [-0.1, -0.05) is 118 Å². The lowest BCUT2D eigenvalue weighted by molar-refractivity contribution is 0.317. The first kappa shape index (κ1) is 22.2. The van der Waals surface area contributed by atoms with E-state index in [1.165, 1.54) is 15.9 Å². The number of aliphatic hydroxyl groups excluding tert-OH is 1. The van der Waals surface area contributed by atoms with Crippen molar-refractivity contribution >= 4 is 18.7 Å². The molecule has 3 aromatic carbocycles. The third-order valence-electron chi connectivity index (χ3n) is 5.57. The summed E-state index contributed by atoms with van der Waals surface area (Å²) in [7, 11) is -2.55. The van der Waals surface area contributed by atoms with E-state index in [0.29, 0.717) is 6.61 Å². The lowest BCUT2D eigenvalue weighted by Gasteiger charge is -2.42. The van der Waals surface area contributed by atoms with Crippen LogP contribution in [0.25, 0.3) is 0 Å². The highest BCUT2D eigenvalue weighted by molar-refractivity contribution is 6.99. The van der Waals surface area contributed by atoms with E-state index in [-0.39, 0.29) is 11.6 Å². The lowest BCUT2D eigenvalue weighted by Crippen LogP contribution is -2.66. The molecular weight excluding hydrogens is 384 g/mol. The van der Waals surface area contributed by atoms with Crippen molar-refractivity contribution in [2.24, 2.45) is 0 Å². The molecule has 0 bridgehead atoms. The predicted molar refractivity (Wildman–Crippen MR) is 129 cm³/mol. The first-order valence-corrected chi connectivity index (χ1v) is 12.5. The Bertz CT molecular complexity index is 889. The molecule has 0 aliphatic rings. The van der Waals surface area contributed by atoms with Crippen molar-refractivity contribution < 1.29 is 9.53 Å². The zero-order valence-electron chi connectivity index (χ0n) is 18.2. The molecule has 0 fully saturated rings. The summed E-state index contributed by atoms with van der Waals surface area (Å²) >= 11 is 0. The molecule has 0 aromatic heterocycles. The fourth-order valence-corrected chi connectivity index (χ4v) is 8.59. The summed E-state index contributed by atoms with van der Waals surface area (Å²) < 4.78 is 6.89. The first-order chi connectivity index (χ1) is 14.5. The Morgan fingerprint density at radius 3 is 1.70 bits per heavy atom. The number of benzene rings is 3. The Hall–Kier alpha value is -2.46. The fourth-order valence-electron chi connectivity index (χ4n) is 4.10. The van der Waals surface area contributed by atoms with E-state index in [2.05, 4.69) is 99.6 Å². The van der Waals surface area contributed by atoms with Crippen molar-refractivity contribution in [2.75, 3.05) is 13.2 Å². The highest BCUT2D eigenvalue weighted by Gasteiger charge is 2.49. The van der Waals surface area contributed by atoms with Crippen LogP contribution in [0.5, 0.6) is 0 Å². The van der Waals surface area contributed by atoms with Crippen molar-refractivity contribution in [1.29, 1.82) is 0 Å². The van der Waals surface area contributed by atoms with Gasteiger partial charge in [0.25, 0.3) is 8.32 Å². The highest BCUT2D eigenvalue weighted by atomic mass is 28.4. The third kappa shape index (κ3) is 4.98. The zero-order chi connectivity index (χ0) is 21.5. The van der Waals surface area contributed by atoms with Gasteiger partial charge in [-0.15, -0.1) is 0 Å². The Morgan fingerprint density at radius 2 is 1.27 bits per heavy atom. The lowest BCUT2D eigenvalue weighted by atomic mass is 10.1. The smallest absolute Gasteiger partial charge is 0.261 e. The predicted octanol–water partition coefficient (Wildman–Crippen LogP) is 4.72. The summed E-state index contributed by atoms with van der Waals surface area (Å²) in [6.07, 6.45) is 2.80. The molecule has 0 saturated carbocycles. The van der Waals surface area contributed by atoms with Crippen LogP contribution in [0.2, 0.25) is 5.04 Å². The van der Waals surface area contributed by atoms with E-state index < -0.39 is 8.32 Å². The summed E-state index contributed by atoms with van der Waals surface area (Å²) in [6, 6.07) is 31.5. The van der Waals surface area contributed by atoms with Gasteiger partial charge in [0.05, 0.1) is 13.2 Å². The van der Waals surface area contributed by atoms with E-state index in [1.807, 2.05) is 18.2 Å². The molecule has 3 heteroatoms. The number of rotatable bonds is 8. The number of hydrogen-bond acceptors (Lipinski definition) is 2. The van der Waals surface area contributed by atoms with Gasteiger partial charge in [-0.3, -0.25) is 0 Å². The monoisotopic (exact) mass is 416 g/mol. The van der Waals surface area contributed by atoms with Gasteiger partial charge in [0.2, 0.25) is 0 Å². The van der Waals surface area contributed by atoms with Crippen molar-refractivity contribution in [3.8, 4) is 0 Å². The fraction of sp³-hybridized carbons (Fsp3) is 0.259. The van der Waals surface area contributed by atoms with Gasteiger partial charge in [0.1, 0.15) is 0 Å². The average Bonchev–Trinajstić information content (AvgIpc) is 2.77. The van der Waals surface area contributed by atoms with Crippen molar-refractivity contribution in [3.63, 3.8) is 0 Å². The molecule has 0 saturated heterocycles. The van der Waals surface area contributed by atoms with Crippen LogP contribution in [0.15, 0.2) is 103 Å². The van der Waals surface area contributed by atoms with E-state index in [0.717, 1.165) is 12.0 Å². The molecule has 30 heavy (non-hydrogen) atoms. The number of hydrogen-bond donors (Lipinski definition) is 1. The van der Waals surface area contributed by atoms with Crippen LogP contribution in [-0.2, 0) is 10.8 Å². The Labute approximate surface area is 182 Å². The molecule has 156 valence electrons. The van der Waals surface area contributed by atoms with Crippen LogP contribution in [-0.4, -0.2) is 26.6 Å². The van der Waals surface area contributed by atoms with Gasteiger partial charge in [-0.25, -0.2) is 0 Å². The Balaban J connectivity index is 1.95. The average molecular weight is 417 g/mol. The van der Waals surface area contributed by atoms with E-state index in [9.17, 15) is 5.11 Å². The van der Waals surface area contributed by atoms with Crippen LogP contribution in [0.3, 0.4) is 0 Å². The quantitative estimate of drug-likeness (QED) is 0.425. The van der Waals surface area contributed by atoms with Crippen LogP contribution in [0.1, 0.15) is 26.3 Å². The second-order valence-electron chi connectivity index (χ2n) is 8.66. The van der Waals surface area contributed by atoms with Gasteiger partial charge >= 0.3 is 0 Å². The summed E-state index contributed by atoms with van der Waals surface area (Å²) in [4.78, 5) is 0. The minimum Gasteiger partial charge on any atom is -0.404 e. The van der Waals surface area contributed by atoms with Gasteiger partial charge in [-0.05, 0) is 33.0 Å². The molecule has 0 unspecified atom stereocenters. The van der Waals surface area contributed by atoms with E-state index >= 15 is 0 Å². The maximum Gasteiger partial charge on any atom is 0.261 e. The maximum absolute atomic E-state index is 9.90. The molecule has 2 nitrogen and oxygen atoms in total. The molecule has 0 amide bonds. The number of aliphatic hydroxyl groups is 1. The molecular formula is C27H32O2Si. The van der Waals surface area contributed by atoms with E-state index in [4.69, 9.17) is 4.43 Å². The molecule has 1 N–H and O–H groups in total. The van der Waals surface area contributed by atoms with Crippen LogP contribution >= 0.6 is 0 Å². The highest BCUT2D eigenvalue weighted by Crippen LogP contribution is 2.36. The second-order valence-corrected chi connectivity index (χ2v) is 13.0. The molecule has 0 radical (unpaired) electrons. The minimum atomic E-state index is -2.55. The van der Waals surface area contributed by atoms with E-state index in [1.54, 1.807) is 0 Å². The molecule has 0 atom stereocenters. The minimum absolute atomic E-state index is 0.0407. The van der Waals surface area contributed by atoms with Crippen LogP contribution in [0.4, 0.5) is 0 Å². The van der Waals surface area contributed by atoms with Gasteiger partial charge in [-0.2, -0.15) is 0 Å². The normalized spacial score (nSPS) is 12.7. The second kappa shape index (κ2) is 10.0. The summed E-state index contributed by atoms with van der Waals surface area (Å²) in [6.45, 7) is 7.36. The zero-order valence-corrected chi connectivity index (χ0v) is 19.2. The molecule has 0 spiro atoms. The third-order valence-corrected chi connectivity index (χ3v) is 10.6. The maximum atomic E-state index is 9.90. The molecule has 3 rings (SSSR count). The van der Waals surface area contributed by atoms with Gasteiger partial charge < -0.3 is 9.53 Å².